The summed E-state index contributed by atoms with van der Waals surface area (Å²) in [5.74, 6) is -1.15. The third-order valence-corrected chi connectivity index (χ3v) is 3.81. The summed E-state index contributed by atoms with van der Waals surface area (Å²) in [6.45, 7) is 0. The second-order valence-corrected chi connectivity index (χ2v) is 5.76. The number of aromatic nitrogens is 3. The zero-order chi connectivity index (χ0) is 17.6. The fraction of sp³-hybridized carbons (Fsp3) is 0.0625. The van der Waals surface area contributed by atoms with Gasteiger partial charge in [0, 0.05) is 11.8 Å². The number of nitrogens with zero attached hydrogens (tertiary/aromatic N) is 2. The third kappa shape index (κ3) is 4.77. The van der Waals surface area contributed by atoms with Crippen LogP contribution < -0.4 is 5.32 Å². The van der Waals surface area contributed by atoms with Gasteiger partial charge in [-0.25, -0.2) is 13.8 Å². The molecule has 0 aliphatic carbocycles. The van der Waals surface area contributed by atoms with Crippen molar-refractivity contribution in [3.8, 4) is 0 Å². The molecule has 3 rings (SSSR count). The number of amides is 1. The van der Waals surface area contributed by atoms with Gasteiger partial charge in [0.1, 0.15) is 11.6 Å². The maximum Gasteiger partial charge on any atom is 0.234 e. The molecule has 0 atom stereocenters. The molecule has 0 saturated carbocycles. The van der Waals surface area contributed by atoms with Crippen LogP contribution in [-0.2, 0) is 4.79 Å². The van der Waals surface area contributed by atoms with Gasteiger partial charge in [-0.1, -0.05) is 11.8 Å². The minimum Gasteiger partial charge on any atom is -0.465 e. The standard InChI is InChI=1S/C16H12F2N4O2S/c17-12-5-3-10(8-13(12)18)19-15(23)9-25-16-20-14(21-22-16)6-4-11-2-1-7-24-11/h1-8H,9H2,(H,19,23)(H,20,21,22)/b6-4+. The van der Waals surface area contributed by atoms with E-state index >= 15 is 0 Å². The molecule has 1 amide bonds. The molecule has 0 fully saturated rings. The maximum atomic E-state index is 13.1. The number of carbonyl (C=O) groups excluding carboxylic acids is 1. The molecule has 3 aromatic rings. The van der Waals surface area contributed by atoms with Crippen LogP contribution in [0, 0.1) is 11.6 Å². The Morgan fingerprint density at radius 3 is 2.92 bits per heavy atom. The lowest BCUT2D eigenvalue weighted by atomic mass is 10.3. The van der Waals surface area contributed by atoms with Gasteiger partial charge in [-0.05, 0) is 36.4 Å². The second-order valence-electron chi connectivity index (χ2n) is 4.82. The SMILES string of the molecule is O=C(CSc1n[nH]c(/C=C/c2ccco2)n1)Nc1ccc(F)c(F)c1. The van der Waals surface area contributed by atoms with Crippen molar-refractivity contribution in [2.45, 2.75) is 5.16 Å². The molecule has 0 spiro atoms. The Morgan fingerprint density at radius 2 is 2.16 bits per heavy atom. The first-order chi connectivity index (χ1) is 12.1. The minimum atomic E-state index is -1.02. The Morgan fingerprint density at radius 1 is 1.28 bits per heavy atom. The lowest BCUT2D eigenvalue weighted by Crippen LogP contribution is -2.14. The van der Waals surface area contributed by atoms with E-state index in [9.17, 15) is 13.6 Å². The van der Waals surface area contributed by atoms with Crippen molar-refractivity contribution in [2.75, 3.05) is 11.1 Å². The predicted molar refractivity (Wildman–Crippen MR) is 89.7 cm³/mol. The van der Waals surface area contributed by atoms with Crippen LogP contribution in [0.1, 0.15) is 11.6 Å². The number of H-pyrrole nitrogens is 1. The van der Waals surface area contributed by atoms with Gasteiger partial charge in [-0.15, -0.1) is 5.10 Å². The van der Waals surface area contributed by atoms with Crippen LogP contribution in [0.5, 0.6) is 0 Å². The number of aromatic amines is 1. The van der Waals surface area contributed by atoms with Gasteiger partial charge in [0.15, 0.2) is 11.6 Å². The first-order valence-corrected chi connectivity index (χ1v) is 8.10. The van der Waals surface area contributed by atoms with Gasteiger partial charge in [-0.2, -0.15) is 0 Å². The van der Waals surface area contributed by atoms with E-state index in [0.717, 1.165) is 23.9 Å². The molecule has 6 nitrogen and oxygen atoms in total. The van der Waals surface area contributed by atoms with Crippen molar-refractivity contribution in [3.05, 3.63) is 59.8 Å². The third-order valence-electron chi connectivity index (χ3n) is 2.97. The van der Waals surface area contributed by atoms with E-state index in [0.29, 0.717) is 16.7 Å². The number of furan rings is 1. The van der Waals surface area contributed by atoms with E-state index < -0.39 is 11.6 Å². The maximum absolute atomic E-state index is 13.1. The van der Waals surface area contributed by atoms with Crippen LogP contribution in [0.4, 0.5) is 14.5 Å². The van der Waals surface area contributed by atoms with Crippen LogP contribution in [0.15, 0.2) is 46.2 Å². The van der Waals surface area contributed by atoms with Crippen LogP contribution in [0.25, 0.3) is 12.2 Å². The van der Waals surface area contributed by atoms with Crippen molar-refractivity contribution in [2.24, 2.45) is 0 Å². The molecule has 2 aromatic heterocycles. The number of anilines is 1. The molecular formula is C16H12F2N4O2S. The Bertz CT molecular complexity index is 893. The normalized spacial score (nSPS) is 11.1. The molecular weight excluding hydrogens is 350 g/mol. The summed E-state index contributed by atoms with van der Waals surface area (Å²) in [6.07, 6.45) is 4.98. The summed E-state index contributed by atoms with van der Waals surface area (Å²) in [7, 11) is 0. The summed E-state index contributed by atoms with van der Waals surface area (Å²) in [5.41, 5.74) is 0.182. The summed E-state index contributed by atoms with van der Waals surface area (Å²) in [5, 5.41) is 9.56. The molecule has 128 valence electrons. The van der Waals surface area contributed by atoms with E-state index in [1.807, 2.05) is 0 Å². The van der Waals surface area contributed by atoms with Crippen molar-refractivity contribution in [3.63, 3.8) is 0 Å². The van der Waals surface area contributed by atoms with Crippen molar-refractivity contribution in [1.82, 2.24) is 15.2 Å². The van der Waals surface area contributed by atoms with Gasteiger partial charge in [-0.3, -0.25) is 9.89 Å². The quantitative estimate of drug-likeness (QED) is 0.655. The fourth-order valence-corrected chi connectivity index (χ4v) is 2.45. The van der Waals surface area contributed by atoms with E-state index in [2.05, 4.69) is 20.5 Å². The largest absolute Gasteiger partial charge is 0.465 e. The van der Waals surface area contributed by atoms with E-state index in [4.69, 9.17) is 4.42 Å². The van der Waals surface area contributed by atoms with Crippen LogP contribution in [0.2, 0.25) is 0 Å². The smallest absolute Gasteiger partial charge is 0.234 e. The Hall–Kier alpha value is -2.94. The average molecular weight is 362 g/mol. The van der Waals surface area contributed by atoms with Crippen molar-refractivity contribution < 1.29 is 18.0 Å². The Labute approximate surface area is 145 Å². The lowest BCUT2D eigenvalue weighted by Gasteiger charge is -2.04. The number of hydrogen-bond acceptors (Lipinski definition) is 5. The highest BCUT2D eigenvalue weighted by atomic mass is 32.2. The fourth-order valence-electron chi connectivity index (χ4n) is 1.85. The molecule has 25 heavy (non-hydrogen) atoms. The number of halogens is 2. The van der Waals surface area contributed by atoms with Gasteiger partial charge in [0.25, 0.3) is 0 Å². The van der Waals surface area contributed by atoms with Gasteiger partial charge < -0.3 is 9.73 Å². The zero-order valence-corrected chi connectivity index (χ0v) is 13.5. The number of hydrogen-bond donors (Lipinski definition) is 2. The number of nitrogens with one attached hydrogen (secondary N) is 2. The highest BCUT2D eigenvalue weighted by molar-refractivity contribution is 7.99. The van der Waals surface area contributed by atoms with E-state index in [1.165, 1.54) is 6.07 Å². The Balaban J connectivity index is 1.51. The van der Waals surface area contributed by atoms with Crippen molar-refractivity contribution >= 4 is 35.5 Å². The molecule has 0 radical (unpaired) electrons. The molecule has 0 aliphatic heterocycles. The molecule has 0 saturated heterocycles. The van der Waals surface area contributed by atoms with Crippen LogP contribution in [-0.4, -0.2) is 26.8 Å². The monoisotopic (exact) mass is 362 g/mol. The molecule has 1 aromatic carbocycles. The predicted octanol–water partition coefficient (Wildman–Crippen LogP) is 3.58. The minimum absolute atomic E-state index is 0.0260. The molecule has 0 unspecified atom stereocenters. The summed E-state index contributed by atoms with van der Waals surface area (Å²) >= 11 is 1.11. The Kier molecular flexibility index (Phi) is 5.24. The van der Waals surface area contributed by atoms with Gasteiger partial charge in [0.05, 0.1) is 12.0 Å². The number of carbonyl (C=O) groups is 1. The first-order valence-electron chi connectivity index (χ1n) is 7.12. The summed E-state index contributed by atoms with van der Waals surface area (Å²) < 4.78 is 31.1. The highest BCUT2D eigenvalue weighted by Gasteiger charge is 2.09. The number of benzene rings is 1. The molecule has 9 heteroatoms. The van der Waals surface area contributed by atoms with Gasteiger partial charge in [0.2, 0.25) is 11.1 Å². The number of thioether (sulfide) groups is 1. The van der Waals surface area contributed by atoms with E-state index in [1.54, 1.807) is 30.5 Å². The highest BCUT2D eigenvalue weighted by Crippen LogP contribution is 2.16. The molecule has 0 aliphatic rings. The van der Waals surface area contributed by atoms with Crippen LogP contribution >= 0.6 is 11.8 Å². The molecule has 2 heterocycles. The van der Waals surface area contributed by atoms with Crippen molar-refractivity contribution in [1.29, 1.82) is 0 Å². The number of rotatable bonds is 6. The average Bonchev–Trinajstić information content (AvgIpc) is 3.26. The topological polar surface area (TPSA) is 83.8 Å². The lowest BCUT2D eigenvalue weighted by molar-refractivity contribution is -0.113. The second kappa shape index (κ2) is 7.75. The van der Waals surface area contributed by atoms with E-state index in [-0.39, 0.29) is 17.3 Å². The zero-order valence-electron chi connectivity index (χ0n) is 12.7. The van der Waals surface area contributed by atoms with Crippen LogP contribution in [0.3, 0.4) is 0 Å². The van der Waals surface area contributed by atoms with Gasteiger partial charge >= 0.3 is 0 Å². The molecule has 2 N–H and O–H groups in total. The summed E-state index contributed by atoms with van der Waals surface area (Å²) in [4.78, 5) is 16.0. The first kappa shape index (κ1) is 16.9. The summed E-state index contributed by atoms with van der Waals surface area (Å²) in [6, 6.07) is 6.72. The molecule has 0 bridgehead atoms.